The summed E-state index contributed by atoms with van der Waals surface area (Å²) in [5.41, 5.74) is 6.03. The van der Waals surface area contributed by atoms with E-state index in [1.807, 2.05) is 0 Å². The Hall–Kier alpha value is -1.34. The molecule has 1 heterocycles. The zero-order valence-electron chi connectivity index (χ0n) is 7.00. The van der Waals surface area contributed by atoms with Crippen LogP contribution in [0.1, 0.15) is 12.0 Å². The van der Waals surface area contributed by atoms with Gasteiger partial charge in [-0.3, -0.25) is 4.79 Å². The average Bonchev–Trinajstić information content (AvgIpc) is 2.12. The van der Waals surface area contributed by atoms with E-state index in [0.29, 0.717) is 0 Å². The molecule has 13 heavy (non-hydrogen) atoms. The topological polar surface area (TPSA) is 58.9 Å². The highest BCUT2D eigenvalue weighted by atomic mass is 32.1. The van der Waals surface area contributed by atoms with E-state index in [2.05, 4.69) is 29.5 Å². The molecule has 0 atom stereocenters. The molecule has 68 valence electrons. The number of H-pyrrole nitrogens is 1. The Morgan fingerprint density at radius 1 is 1.62 bits per heavy atom. The van der Waals surface area contributed by atoms with Gasteiger partial charge >= 0.3 is 0 Å². The Morgan fingerprint density at radius 3 is 3.00 bits per heavy atom. The third-order valence-corrected chi connectivity index (χ3v) is 1.63. The summed E-state index contributed by atoms with van der Waals surface area (Å²) in [7, 11) is 0. The summed E-state index contributed by atoms with van der Waals surface area (Å²) in [4.78, 5) is 13.4. The summed E-state index contributed by atoms with van der Waals surface area (Å²) >= 11 is 4.02. The van der Waals surface area contributed by atoms with Crippen molar-refractivity contribution in [2.45, 2.75) is 6.42 Å². The molecule has 0 unspecified atom stereocenters. The molecule has 0 amide bonds. The molecule has 4 heteroatoms. The van der Waals surface area contributed by atoms with Crippen molar-refractivity contribution in [3.8, 4) is 11.8 Å². The maximum atomic E-state index is 10.9. The normalized spacial score (nSPS) is 9.00. The Bertz CT molecular complexity index is 400. The number of nitrogens with two attached hydrogens (primary N) is 1. The van der Waals surface area contributed by atoms with E-state index >= 15 is 0 Å². The second-order valence-electron chi connectivity index (χ2n) is 2.45. The van der Waals surface area contributed by atoms with Gasteiger partial charge in [-0.1, -0.05) is 11.8 Å². The number of aromatic nitrogens is 1. The zero-order chi connectivity index (χ0) is 9.68. The van der Waals surface area contributed by atoms with Crippen LogP contribution in [0.25, 0.3) is 0 Å². The number of aromatic amines is 1. The number of nitrogens with one attached hydrogen (secondary N) is 1. The van der Waals surface area contributed by atoms with Crippen LogP contribution in [0.3, 0.4) is 0 Å². The third kappa shape index (κ3) is 2.88. The van der Waals surface area contributed by atoms with Crippen LogP contribution in [0, 0.1) is 11.8 Å². The molecule has 0 aliphatic heterocycles. The van der Waals surface area contributed by atoms with Crippen LogP contribution in [-0.2, 0) is 0 Å². The monoisotopic (exact) mass is 194 g/mol. The molecule has 1 aromatic rings. The largest absolute Gasteiger partial charge is 0.394 e. The van der Waals surface area contributed by atoms with Gasteiger partial charge in [0.05, 0.1) is 5.69 Å². The first kappa shape index (κ1) is 9.75. The predicted molar refractivity (Wildman–Crippen MR) is 56.8 cm³/mol. The molecule has 0 spiro atoms. The molecule has 1 aromatic heterocycles. The highest BCUT2D eigenvalue weighted by Crippen LogP contribution is 1.96. The summed E-state index contributed by atoms with van der Waals surface area (Å²) in [6.07, 6.45) is 2.27. The molecule has 0 saturated heterocycles. The zero-order valence-corrected chi connectivity index (χ0v) is 7.90. The van der Waals surface area contributed by atoms with Crippen molar-refractivity contribution in [3.05, 3.63) is 28.2 Å². The Labute approximate surface area is 81.8 Å². The van der Waals surface area contributed by atoms with Gasteiger partial charge in [0.1, 0.15) is 0 Å². The molecule has 1 rings (SSSR count). The van der Waals surface area contributed by atoms with Crippen LogP contribution in [-0.4, -0.2) is 10.7 Å². The molecule has 0 bridgehead atoms. The lowest BCUT2D eigenvalue weighted by molar-refractivity contribution is 1.23. The van der Waals surface area contributed by atoms with Crippen molar-refractivity contribution in [1.82, 2.24) is 4.98 Å². The number of nitrogen functional groups attached to an aromatic ring is 1. The molecule has 0 saturated carbocycles. The minimum Gasteiger partial charge on any atom is -0.394 e. The van der Waals surface area contributed by atoms with E-state index in [-0.39, 0.29) is 11.2 Å². The molecule has 3 N–H and O–H groups in total. The van der Waals surface area contributed by atoms with Crippen LogP contribution in [0.15, 0.2) is 17.1 Å². The molecular formula is C9H10N2OS. The predicted octanol–water partition coefficient (Wildman–Crippen LogP) is 0.628. The van der Waals surface area contributed by atoms with Crippen LogP contribution in [0.5, 0.6) is 0 Å². The number of rotatable bonds is 1. The Balaban J connectivity index is 2.87. The molecule has 3 nitrogen and oxygen atoms in total. The second-order valence-corrected chi connectivity index (χ2v) is 2.90. The molecule has 0 fully saturated rings. The van der Waals surface area contributed by atoms with Gasteiger partial charge in [-0.15, -0.1) is 0 Å². The van der Waals surface area contributed by atoms with E-state index in [0.717, 1.165) is 17.7 Å². The van der Waals surface area contributed by atoms with Crippen molar-refractivity contribution >= 4 is 18.3 Å². The van der Waals surface area contributed by atoms with E-state index in [4.69, 9.17) is 5.73 Å². The smallest absolute Gasteiger partial charge is 0.271 e. The van der Waals surface area contributed by atoms with Crippen molar-refractivity contribution < 1.29 is 0 Å². The van der Waals surface area contributed by atoms with Crippen molar-refractivity contribution in [2.24, 2.45) is 0 Å². The molecular weight excluding hydrogens is 184 g/mol. The summed E-state index contributed by atoms with van der Waals surface area (Å²) in [5, 5.41) is 0. The van der Waals surface area contributed by atoms with Gasteiger partial charge in [0.2, 0.25) is 0 Å². The van der Waals surface area contributed by atoms with Crippen LogP contribution >= 0.6 is 12.6 Å². The minimum atomic E-state index is -0.278. The lowest BCUT2D eigenvalue weighted by atomic mass is 10.2. The quantitative estimate of drug-likeness (QED) is 0.453. The number of pyridine rings is 1. The lowest BCUT2D eigenvalue weighted by Crippen LogP contribution is -2.10. The van der Waals surface area contributed by atoms with Crippen molar-refractivity contribution in [2.75, 3.05) is 11.5 Å². The van der Waals surface area contributed by atoms with Crippen molar-refractivity contribution in [3.63, 3.8) is 0 Å². The van der Waals surface area contributed by atoms with Gasteiger partial charge in [0.15, 0.2) is 0 Å². The highest BCUT2D eigenvalue weighted by molar-refractivity contribution is 7.80. The van der Waals surface area contributed by atoms with Gasteiger partial charge in [-0.2, -0.15) is 12.6 Å². The summed E-state index contributed by atoms with van der Waals surface area (Å²) in [6, 6.07) is 1.56. The Kier molecular flexibility index (Phi) is 3.47. The minimum absolute atomic E-state index is 0.192. The summed E-state index contributed by atoms with van der Waals surface area (Å²) in [5.74, 6) is 6.49. The Morgan fingerprint density at radius 2 is 2.38 bits per heavy atom. The van der Waals surface area contributed by atoms with Crippen LogP contribution < -0.4 is 11.3 Å². The maximum absolute atomic E-state index is 10.9. The number of hydrogen-bond acceptors (Lipinski definition) is 3. The van der Waals surface area contributed by atoms with Crippen LogP contribution in [0.2, 0.25) is 0 Å². The fraction of sp³-hybridized carbons (Fsp3) is 0.222. The first-order valence-corrected chi connectivity index (χ1v) is 4.45. The van der Waals surface area contributed by atoms with Gasteiger partial charge in [0, 0.05) is 23.9 Å². The lowest BCUT2D eigenvalue weighted by Gasteiger charge is -1.91. The fourth-order valence-corrected chi connectivity index (χ4v) is 0.906. The molecule has 0 radical (unpaired) electrons. The van der Waals surface area contributed by atoms with Gasteiger partial charge in [0.25, 0.3) is 5.56 Å². The highest BCUT2D eigenvalue weighted by Gasteiger charge is 1.93. The van der Waals surface area contributed by atoms with Gasteiger partial charge < -0.3 is 10.7 Å². The molecule has 0 aliphatic carbocycles. The summed E-state index contributed by atoms with van der Waals surface area (Å²) in [6.45, 7) is 0. The van der Waals surface area contributed by atoms with Gasteiger partial charge in [-0.25, -0.2) is 0 Å². The van der Waals surface area contributed by atoms with E-state index in [9.17, 15) is 4.79 Å². The van der Waals surface area contributed by atoms with E-state index in [1.54, 1.807) is 12.3 Å². The number of hydrogen-bond donors (Lipinski definition) is 3. The van der Waals surface area contributed by atoms with E-state index < -0.39 is 0 Å². The third-order valence-electron chi connectivity index (χ3n) is 1.40. The number of thiol groups is 1. The molecule has 0 aliphatic rings. The van der Waals surface area contributed by atoms with Crippen molar-refractivity contribution in [1.29, 1.82) is 0 Å². The standard InChI is InChI=1S/C9H10N2OS/c10-8-5-7(3-1-2-4-13)6-11-9(8)12/h5-6,13H,2,4,10H2,(H,11,12). The fourth-order valence-electron chi connectivity index (χ4n) is 0.794. The SMILES string of the molecule is Nc1cc(C#CCCS)c[nH]c1=O. The first-order valence-electron chi connectivity index (χ1n) is 3.82. The van der Waals surface area contributed by atoms with Gasteiger partial charge in [-0.05, 0) is 6.07 Å². The van der Waals surface area contributed by atoms with E-state index in [1.165, 1.54) is 0 Å². The number of anilines is 1. The second kappa shape index (κ2) is 4.63. The van der Waals surface area contributed by atoms with Crippen LogP contribution in [0.4, 0.5) is 5.69 Å². The first-order chi connectivity index (χ1) is 6.24. The molecule has 0 aromatic carbocycles. The maximum Gasteiger partial charge on any atom is 0.271 e. The average molecular weight is 194 g/mol. The summed E-state index contributed by atoms with van der Waals surface area (Å²) < 4.78 is 0.